The molecule has 0 bridgehead atoms. The van der Waals surface area contributed by atoms with Crippen LogP contribution in [0.4, 0.5) is 0 Å². The number of aromatic hydroxyl groups is 1. The molecule has 1 aliphatic rings. The van der Waals surface area contributed by atoms with E-state index in [0.29, 0.717) is 11.6 Å². The second-order valence-electron chi connectivity index (χ2n) is 4.49. The van der Waals surface area contributed by atoms with E-state index in [4.69, 9.17) is 0 Å². The number of phenolic OH excluding ortho intramolecular Hbond substituents is 1. The van der Waals surface area contributed by atoms with Gasteiger partial charge in [-0.3, -0.25) is 4.79 Å². The summed E-state index contributed by atoms with van der Waals surface area (Å²) in [5.74, 6) is 0.412. The summed E-state index contributed by atoms with van der Waals surface area (Å²) < 4.78 is 0. The molecule has 2 atom stereocenters. The zero-order valence-corrected chi connectivity index (χ0v) is 9.44. The number of hydrogen-bond donors (Lipinski definition) is 2. The molecule has 2 rings (SSSR count). The van der Waals surface area contributed by atoms with Crippen LogP contribution in [0.2, 0.25) is 0 Å². The molecule has 0 amide bonds. The van der Waals surface area contributed by atoms with Crippen molar-refractivity contribution in [3.63, 3.8) is 0 Å². The van der Waals surface area contributed by atoms with Gasteiger partial charge in [0, 0.05) is 17.5 Å². The molecule has 2 unspecified atom stereocenters. The molecule has 2 N–H and O–H groups in total. The van der Waals surface area contributed by atoms with Crippen LogP contribution < -0.4 is 5.32 Å². The average Bonchev–Trinajstić information content (AvgIpc) is 2.28. The number of piperidine rings is 1. The summed E-state index contributed by atoms with van der Waals surface area (Å²) >= 11 is 0. The van der Waals surface area contributed by atoms with Crippen LogP contribution in [0, 0.1) is 5.92 Å². The molecule has 3 heteroatoms. The van der Waals surface area contributed by atoms with Crippen LogP contribution in [-0.2, 0) is 0 Å². The number of hydrogen-bond acceptors (Lipinski definition) is 3. The van der Waals surface area contributed by atoms with Gasteiger partial charge in [0.05, 0.1) is 0 Å². The third kappa shape index (κ3) is 2.42. The SMILES string of the molecule is CC1CC(C(=O)c2cccc(O)c2)CCN1. The highest BCUT2D eigenvalue weighted by molar-refractivity contribution is 5.98. The highest BCUT2D eigenvalue weighted by Crippen LogP contribution is 2.22. The van der Waals surface area contributed by atoms with Crippen molar-refractivity contribution in [1.82, 2.24) is 5.32 Å². The molecule has 0 aromatic heterocycles. The van der Waals surface area contributed by atoms with Gasteiger partial charge >= 0.3 is 0 Å². The Morgan fingerprint density at radius 2 is 2.31 bits per heavy atom. The smallest absolute Gasteiger partial charge is 0.166 e. The molecule has 86 valence electrons. The molecule has 0 saturated carbocycles. The maximum atomic E-state index is 12.2. The molecule has 3 nitrogen and oxygen atoms in total. The number of carbonyl (C=O) groups excluding carboxylic acids is 1. The topological polar surface area (TPSA) is 49.3 Å². The number of Topliss-reactive ketones (excluding diaryl/α,β-unsaturated/α-hetero) is 1. The summed E-state index contributed by atoms with van der Waals surface area (Å²) in [6.45, 7) is 3.00. The lowest BCUT2D eigenvalue weighted by Gasteiger charge is -2.26. The van der Waals surface area contributed by atoms with Gasteiger partial charge in [0.15, 0.2) is 5.78 Å². The van der Waals surface area contributed by atoms with E-state index in [2.05, 4.69) is 12.2 Å². The Kier molecular flexibility index (Phi) is 3.25. The van der Waals surface area contributed by atoms with E-state index >= 15 is 0 Å². The molecule has 0 spiro atoms. The van der Waals surface area contributed by atoms with Crippen LogP contribution in [0.25, 0.3) is 0 Å². The molecule has 1 fully saturated rings. The van der Waals surface area contributed by atoms with Gasteiger partial charge in [-0.1, -0.05) is 12.1 Å². The van der Waals surface area contributed by atoms with E-state index in [0.717, 1.165) is 19.4 Å². The molecule has 1 heterocycles. The Bertz CT molecular complexity index is 389. The van der Waals surface area contributed by atoms with Crippen molar-refractivity contribution >= 4 is 5.78 Å². The minimum atomic E-state index is 0.0954. The van der Waals surface area contributed by atoms with Crippen molar-refractivity contribution in [2.75, 3.05) is 6.54 Å². The molecule has 1 aromatic rings. The number of nitrogens with one attached hydrogen (secondary N) is 1. The van der Waals surface area contributed by atoms with Crippen molar-refractivity contribution in [3.05, 3.63) is 29.8 Å². The van der Waals surface area contributed by atoms with E-state index in [1.807, 2.05) is 0 Å². The van der Waals surface area contributed by atoms with E-state index in [-0.39, 0.29) is 17.5 Å². The Hall–Kier alpha value is -1.35. The first-order chi connectivity index (χ1) is 7.66. The third-order valence-electron chi connectivity index (χ3n) is 3.13. The van der Waals surface area contributed by atoms with Crippen LogP contribution in [0.5, 0.6) is 5.75 Å². The average molecular weight is 219 g/mol. The first kappa shape index (κ1) is 11.1. The van der Waals surface area contributed by atoms with E-state index in [1.54, 1.807) is 24.3 Å². The summed E-state index contributed by atoms with van der Waals surface area (Å²) in [5, 5.41) is 12.7. The fourth-order valence-corrected chi connectivity index (χ4v) is 2.26. The minimum Gasteiger partial charge on any atom is -0.508 e. The Labute approximate surface area is 95.5 Å². The molecule has 1 aliphatic heterocycles. The summed E-state index contributed by atoms with van der Waals surface area (Å²) in [5.41, 5.74) is 0.624. The van der Waals surface area contributed by atoms with Gasteiger partial charge in [-0.15, -0.1) is 0 Å². The Balaban J connectivity index is 2.12. The maximum absolute atomic E-state index is 12.2. The molecule has 1 aromatic carbocycles. The lowest BCUT2D eigenvalue weighted by Crippen LogP contribution is -2.38. The summed E-state index contributed by atoms with van der Waals surface area (Å²) in [6, 6.07) is 7.03. The second-order valence-corrected chi connectivity index (χ2v) is 4.49. The Morgan fingerprint density at radius 3 is 3.00 bits per heavy atom. The van der Waals surface area contributed by atoms with Gasteiger partial charge in [-0.05, 0) is 38.4 Å². The molecule has 0 aliphatic carbocycles. The fraction of sp³-hybridized carbons (Fsp3) is 0.462. The molecule has 0 radical (unpaired) electrons. The number of phenols is 1. The van der Waals surface area contributed by atoms with Crippen molar-refractivity contribution < 1.29 is 9.90 Å². The number of carbonyl (C=O) groups is 1. The maximum Gasteiger partial charge on any atom is 0.166 e. The molecule has 16 heavy (non-hydrogen) atoms. The molecule has 1 saturated heterocycles. The lowest BCUT2D eigenvalue weighted by molar-refractivity contribution is 0.0881. The molecular formula is C13H17NO2. The highest BCUT2D eigenvalue weighted by Gasteiger charge is 2.25. The van der Waals surface area contributed by atoms with Crippen molar-refractivity contribution in [2.45, 2.75) is 25.8 Å². The normalized spacial score (nSPS) is 25.3. The molecular weight excluding hydrogens is 202 g/mol. The summed E-state index contributed by atoms with van der Waals surface area (Å²) in [7, 11) is 0. The quantitative estimate of drug-likeness (QED) is 0.748. The van der Waals surface area contributed by atoms with Crippen LogP contribution in [0.1, 0.15) is 30.1 Å². The largest absolute Gasteiger partial charge is 0.508 e. The van der Waals surface area contributed by atoms with Crippen molar-refractivity contribution in [2.24, 2.45) is 5.92 Å². The first-order valence-electron chi connectivity index (χ1n) is 5.73. The van der Waals surface area contributed by atoms with E-state index in [9.17, 15) is 9.90 Å². The number of ketones is 1. The third-order valence-corrected chi connectivity index (χ3v) is 3.13. The fourth-order valence-electron chi connectivity index (χ4n) is 2.26. The van der Waals surface area contributed by atoms with E-state index < -0.39 is 0 Å². The van der Waals surface area contributed by atoms with Gasteiger partial charge in [-0.25, -0.2) is 0 Å². The summed E-state index contributed by atoms with van der Waals surface area (Å²) in [6.07, 6.45) is 1.77. The van der Waals surface area contributed by atoms with Gasteiger partial charge < -0.3 is 10.4 Å². The van der Waals surface area contributed by atoms with Gasteiger partial charge in [0.2, 0.25) is 0 Å². The second kappa shape index (κ2) is 4.66. The number of benzene rings is 1. The van der Waals surface area contributed by atoms with Crippen LogP contribution in [-0.4, -0.2) is 23.5 Å². The highest BCUT2D eigenvalue weighted by atomic mass is 16.3. The van der Waals surface area contributed by atoms with Gasteiger partial charge in [0.25, 0.3) is 0 Å². The van der Waals surface area contributed by atoms with Crippen LogP contribution in [0.15, 0.2) is 24.3 Å². The monoisotopic (exact) mass is 219 g/mol. The van der Waals surface area contributed by atoms with Crippen molar-refractivity contribution in [3.8, 4) is 5.75 Å². The van der Waals surface area contributed by atoms with Crippen molar-refractivity contribution in [1.29, 1.82) is 0 Å². The predicted octanol–water partition coefficient (Wildman–Crippen LogP) is 1.96. The zero-order valence-electron chi connectivity index (χ0n) is 9.44. The standard InChI is InChI=1S/C13H17NO2/c1-9-7-11(5-6-14-9)13(16)10-3-2-4-12(15)8-10/h2-4,8-9,11,14-15H,5-7H2,1H3. The first-order valence-corrected chi connectivity index (χ1v) is 5.73. The zero-order chi connectivity index (χ0) is 11.5. The number of rotatable bonds is 2. The Morgan fingerprint density at radius 1 is 1.50 bits per heavy atom. The predicted molar refractivity (Wildman–Crippen MR) is 62.6 cm³/mol. The van der Waals surface area contributed by atoms with Gasteiger partial charge in [0.1, 0.15) is 5.75 Å². The van der Waals surface area contributed by atoms with Crippen LogP contribution >= 0.6 is 0 Å². The minimum absolute atomic E-state index is 0.0954. The lowest BCUT2D eigenvalue weighted by atomic mass is 9.86. The van der Waals surface area contributed by atoms with E-state index in [1.165, 1.54) is 0 Å². The van der Waals surface area contributed by atoms with Crippen LogP contribution in [0.3, 0.4) is 0 Å². The summed E-state index contributed by atoms with van der Waals surface area (Å²) in [4.78, 5) is 12.2. The van der Waals surface area contributed by atoms with Gasteiger partial charge in [-0.2, -0.15) is 0 Å².